The predicted octanol–water partition coefficient (Wildman–Crippen LogP) is 14.0. The lowest BCUT2D eigenvalue weighted by Gasteiger charge is -2.23. The first kappa shape index (κ1) is 33.1. The van der Waals surface area contributed by atoms with Crippen LogP contribution in [-0.2, 0) is 5.41 Å². The zero-order valence-electron chi connectivity index (χ0n) is 31.7. The number of benzene rings is 9. The SMILES string of the molecule is CC1(C)c2cc(-c3ccccc3-c3ccccc3-c3nc(-c4ccccc4)nc(-c4ccccc4)n3)ccc2-c2cc3c4ccccc4c4ccccc4c3cc21. The third-order valence-corrected chi connectivity index (χ3v) is 11.9. The highest BCUT2D eigenvalue weighted by molar-refractivity contribution is 6.26. The minimum absolute atomic E-state index is 0.193. The Morgan fingerprint density at radius 3 is 1.28 bits per heavy atom. The average molecular weight is 728 g/mol. The minimum Gasteiger partial charge on any atom is -0.208 e. The summed E-state index contributed by atoms with van der Waals surface area (Å²) >= 11 is 0. The molecule has 0 unspecified atom stereocenters. The van der Waals surface area contributed by atoms with E-state index in [1.54, 1.807) is 0 Å². The van der Waals surface area contributed by atoms with Crippen LogP contribution in [0.15, 0.2) is 188 Å². The summed E-state index contributed by atoms with van der Waals surface area (Å²) in [6, 6.07) is 67.3. The fourth-order valence-electron chi connectivity index (χ4n) is 9.11. The lowest BCUT2D eigenvalue weighted by Crippen LogP contribution is -2.15. The van der Waals surface area contributed by atoms with E-state index in [4.69, 9.17) is 15.0 Å². The van der Waals surface area contributed by atoms with Gasteiger partial charge in [0.25, 0.3) is 0 Å². The average Bonchev–Trinajstić information content (AvgIpc) is 3.50. The molecule has 0 bridgehead atoms. The molecule has 0 spiro atoms. The molecule has 0 aliphatic heterocycles. The zero-order chi connectivity index (χ0) is 38.1. The van der Waals surface area contributed by atoms with Gasteiger partial charge in [-0.3, -0.25) is 0 Å². The van der Waals surface area contributed by atoms with E-state index in [2.05, 4.69) is 166 Å². The van der Waals surface area contributed by atoms with Gasteiger partial charge < -0.3 is 0 Å². The molecule has 0 amide bonds. The molecule has 0 saturated carbocycles. The first-order valence-electron chi connectivity index (χ1n) is 19.6. The third kappa shape index (κ3) is 5.31. The number of hydrogen-bond acceptors (Lipinski definition) is 3. The largest absolute Gasteiger partial charge is 0.208 e. The number of aromatic nitrogens is 3. The summed E-state index contributed by atoms with van der Waals surface area (Å²) in [4.78, 5) is 15.2. The second-order valence-corrected chi connectivity index (χ2v) is 15.5. The molecule has 0 saturated heterocycles. The Morgan fingerprint density at radius 1 is 0.281 bits per heavy atom. The molecule has 57 heavy (non-hydrogen) atoms. The number of fused-ring (bicyclic) bond motifs is 9. The summed E-state index contributed by atoms with van der Waals surface area (Å²) in [5, 5.41) is 7.83. The van der Waals surface area contributed by atoms with E-state index < -0.39 is 0 Å². The maximum absolute atomic E-state index is 5.12. The van der Waals surface area contributed by atoms with Crippen LogP contribution in [0.4, 0.5) is 0 Å². The van der Waals surface area contributed by atoms with Crippen molar-refractivity contribution in [3.05, 3.63) is 199 Å². The van der Waals surface area contributed by atoms with Crippen molar-refractivity contribution in [3.8, 4) is 67.5 Å². The molecule has 1 aromatic heterocycles. The summed E-state index contributed by atoms with van der Waals surface area (Å²) < 4.78 is 0. The van der Waals surface area contributed by atoms with Gasteiger partial charge in [-0.25, -0.2) is 15.0 Å². The van der Waals surface area contributed by atoms with Gasteiger partial charge in [-0.05, 0) is 95.0 Å². The molecule has 11 rings (SSSR count). The molecule has 268 valence electrons. The molecule has 3 nitrogen and oxygen atoms in total. The lowest BCUT2D eigenvalue weighted by molar-refractivity contribution is 0.661. The fraction of sp³-hybridized carbons (Fsp3) is 0.0556. The second-order valence-electron chi connectivity index (χ2n) is 15.5. The van der Waals surface area contributed by atoms with Crippen molar-refractivity contribution in [3.63, 3.8) is 0 Å². The van der Waals surface area contributed by atoms with Crippen LogP contribution in [0.5, 0.6) is 0 Å². The molecule has 9 aromatic carbocycles. The second kappa shape index (κ2) is 12.9. The van der Waals surface area contributed by atoms with Gasteiger partial charge in [-0.2, -0.15) is 0 Å². The summed E-state index contributed by atoms with van der Waals surface area (Å²) in [5.41, 5.74) is 12.6. The van der Waals surface area contributed by atoms with E-state index in [1.807, 2.05) is 36.4 Å². The highest BCUT2D eigenvalue weighted by atomic mass is 15.0. The van der Waals surface area contributed by atoms with Crippen LogP contribution < -0.4 is 0 Å². The molecule has 1 aliphatic carbocycles. The molecule has 10 aromatic rings. The van der Waals surface area contributed by atoms with Crippen LogP contribution in [0.3, 0.4) is 0 Å². The first-order chi connectivity index (χ1) is 28.0. The summed E-state index contributed by atoms with van der Waals surface area (Å²) in [6.45, 7) is 4.76. The Balaban J connectivity index is 1.06. The van der Waals surface area contributed by atoms with Gasteiger partial charge in [0, 0.05) is 22.1 Å². The van der Waals surface area contributed by atoms with Gasteiger partial charge in [0.1, 0.15) is 0 Å². The van der Waals surface area contributed by atoms with Gasteiger partial charge in [0.2, 0.25) is 0 Å². The molecule has 1 heterocycles. The van der Waals surface area contributed by atoms with Crippen molar-refractivity contribution in [2.45, 2.75) is 19.3 Å². The Labute approximate surface area is 332 Å². The van der Waals surface area contributed by atoms with Crippen molar-refractivity contribution >= 4 is 32.3 Å². The molecular weight excluding hydrogens is 691 g/mol. The Kier molecular flexibility index (Phi) is 7.52. The van der Waals surface area contributed by atoms with Crippen molar-refractivity contribution < 1.29 is 0 Å². The van der Waals surface area contributed by atoms with Gasteiger partial charge in [-0.1, -0.05) is 184 Å². The fourth-order valence-corrected chi connectivity index (χ4v) is 9.11. The molecule has 0 fully saturated rings. The predicted molar refractivity (Wildman–Crippen MR) is 237 cm³/mol. The maximum Gasteiger partial charge on any atom is 0.164 e. The summed E-state index contributed by atoms with van der Waals surface area (Å²) in [7, 11) is 0. The van der Waals surface area contributed by atoms with Gasteiger partial charge in [0.05, 0.1) is 0 Å². The van der Waals surface area contributed by atoms with E-state index in [1.165, 1.54) is 65.7 Å². The van der Waals surface area contributed by atoms with Gasteiger partial charge in [-0.15, -0.1) is 0 Å². The monoisotopic (exact) mass is 727 g/mol. The van der Waals surface area contributed by atoms with Crippen molar-refractivity contribution in [2.75, 3.05) is 0 Å². The standard InChI is InChI=1S/C54H37N3/c1-54(2)49-31-36(29-30-44(49)48-32-46-42-26-13-11-23-39(42)40-24-12-14-27-43(40)47(46)33-50(48)54)37-21-9-10-22-38(37)41-25-15-16-28-45(41)53-56-51(34-17-5-3-6-18-34)55-52(57-53)35-19-7-4-8-20-35/h3-33H,1-2H3. The van der Waals surface area contributed by atoms with E-state index in [0.29, 0.717) is 17.5 Å². The van der Waals surface area contributed by atoms with Crippen LogP contribution in [0, 0.1) is 0 Å². The van der Waals surface area contributed by atoms with Crippen molar-refractivity contribution in [1.29, 1.82) is 0 Å². The summed E-state index contributed by atoms with van der Waals surface area (Å²) in [5.74, 6) is 1.94. The molecule has 1 aliphatic rings. The smallest absolute Gasteiger partial charge is 0.164 e. The van der Waals surface area contributed by atoms with Crippen LogP contribution in [-0.4, -0.2) is 15.0 Å². The molecule has 0 atom stereocenters. The molecule has 0 N–H and O–H groups in total. The highest BCUT2D eigenvalue weighted by Crippen LogP contribution is 2.52. The van der Waals surface area contributed by atoms with Crippen molar-refractivity contribution in [1.82, 2.24) is 15.0 Å². The van der Waals surface area contributed by atoms with E-state index >= 15 is 0 Å². The third-order valence-electron chi connectivity index (χ3n) is 11.9. The van der Waals surface area contributed by atoms with Crippen LogP contribution >= 0.6 is 0 Å². The molecule has 3 heteroatoms. The van der Waals surface area contributed by atoms with Gasteiger partial charge in [0.15, 0.2) is 17.5 Å². The Morgan fingerprint density at radius 2 is 0.702 bits per heavy atom. The van der Waals surface area contributed by atoms with Crippen molar-refractivity contribution in [2.24, 2.45) is 0 Å². The maximum atomic E-state index is 5.12. The van der Waals surface area contributed by atoms with Gasteiger partial charge >= 0.3 is 0 Å². The van der Waals surface area contributed by atoms with Crippen LogP contribution in [0.1, 0.15) is 25.0 Å². The van der Waals surface area contributed by atoms with E-state index in [-0.39, 0.29) is 5.41 Å². The topological polar surface area (TPSA) is 38.7 Å². The Bertz CT molecular complexity index is 3140. The first-order valence-corrected chi connectivity index (χ1v) is 19.6. The zero-order valence-corrected chi connectivity index (χ0v) is 31.7. The molecule has 0 radical (unpaired) electrons. The lowest BCUT2D eigenvalue weighted by atomic mass is 9.80. The highest BCUT2D eigenvalue weighted by Gasteiger charge is 2.36. The van der Waals surface area contributed by atoms with Crippen LogP contribution in [0.2, 0.25) is 0 Å². The summed E-state index contributed by atoms with van der Waals surface area (Å²) in [6.07, 6.45) is 0. The molecular formula is C54H37N3. The normalized spacial score (nSPS) is 12.9. The minimum atomic E-state index is -0.193. The van der Waals surface area contributed by atoms with E-state index in [0.717, 1.165) is 27.8 Å². The number of rotatable bonds is 5. The number of nitrogens with zero attached hydrogens (tertiary/aromatic N) is 3. The quantitative estimate of drug-likeness (QED) is 0.166. The Hall–Kier alpha value is -7.23. The number of hydrogen-bond donors (Lipinski definition) is 0. The van der Waals surface area contributed by atoms with Crippen LogP contribution in [0.25, 0.3) is 99.9 Å². The van der Waals surface area contributed by atoms with E-state index in [9.17, 15) is 0 Å².